The highest BCUT2D eigenvalue weighted by atomic mass is 16.4. The van der Waals surface area contributed by atoms with Crippen LogP contribution in [0.15, 0.2) is 16.5 Å². The Hall–Kier alpha value is -1.29. The lowest BCUT2D eigenvalue weighted by Crippen LogP contribution is -1.91. The van der Waals surface area contributed by atoms with E-state index >= 15 is 0 Å². The second kappa shape index (κ2) is 2.53. The van der Waals surface area contributed by atoms with Crippen LogP contribution in [0.1, 0.15) is 16.3 Å². The van der Waals surface area contributed by atoms with E-state index in [1.54, 1.807) is 0 Å². The van der Waals surface area contributed by atoms with Gasteiger partial charge in [0, 0.05) is 0 Å². The largest absolute Gasteiger partial charge is 0.475 e. The van der Waals surface area contributed by atoms with Gasteiger partial charge in [0.15, 0.2) is 0 Å². The Bertz CT molecular complexity index is 238. The zero-order valence-electron chi connectivity index (χ0n) is 5.03. The molecule has 4 nitrogen and oxygen atoms in total. The van der Waals surface area contributed by atoms with Crippen LogP contribution in [-0.4, -0.2) is 11.1 Å². The van der Waals surface area contributed by atoms with Gasteiger partial charge in [0.1, 0.15) is 12.4 Å². The van der Waals surface area contributed by atoms with Crippen molar-refractivity contribution in [3.8, 4) is 0 Å². The molecule has 0 aliphatic rings. The first-order chi connectivity index (χ1) is 4.74. The van der Waals surface area contributed by atoms with Gasteiger partial charge in [-0.2, -0.15) is 0 Å². The monoisotopic (exact) mass is 141 g/mol. The Morgan fingerprint density at radius 1 is 1.60 bits per heavy atom. The molecule has 10 heavy (non-hydrogen) atoms. The molecular formula is C6H5O4. The zero-order chi connectivity index (χ0) is 7.56. The third kappa shape index (κ3) is 1.16. The van der Waals surface area contributed by atoms with Crippen LogP contribution in [0.2, 0.25) is 0 Å². The van der Waals surface area contributed by atoms with Crippen LogP contribution < -0.4 is 0 Å². The minimum atomic E-state index is -1.15. The van der Waals surface area contributed by atoms with Crippen LogP contribution >= 0.6 is 0 Å². The molecule has 0 unspecified atom stereocenters. The van der Waals surface area contributed by atoms with E-state index in [0.717, 1.165) is 0 Å². The summed E-state index contributed by atoms with van der Waals surface area (Å²) in [6, 6.07) is 2.62. The molecule has 1 rings (SSSR count). The SMILES string of the molecule is [O]Cc1ccc(C(=O)O)o1. The number of hydrogen-bond donors (Lipinski definition) is 1. The second-order valence-electron chi connectivity index (χ2n) is 1.72. The summed E-state index contributed by atoms with van der Waals surface area (Å²) in [4.78, 5) is 10.1. The van der Waals surface area contributed by atoms with Gasteiger partial charge < -0.3 is 9.52 Å². The molecule has 0 aromatic carbocycles. The van der Waals surface area contributed by atoms with Crippen LogP contribution in [0.4, 0.5) is 0 Å². The fourth-order valence-electron chi connectivity index (χ4n) is 0.570. The van der Waals surface area contributed by atoms with Gasteiger partial charge >= 0.3 is 5.97 Å². The highest BCUT2D eigenvalue weighted by Crippen LogP contribution is 2.06. The summed E-state index contributed by atoms with van der Waals surface area (Å²) in [5.41, 5.74) is 0. The van der Waals surface area contributed by atoms with Crippen molar-refractivity contribution >= 4 is 5.97 Å². The Labute approximate surface area is 56.7 Å². The molecule has 1 aromatic heterocycles. The molecule has 1 radical (unpaired) electrons. The maximum atomic E-state index is 10.1. The molecular weight excluding hydrogens is 136 g/mol. The summed E-state index contributed by atoms with van der Waals surface area (Å²) >= 11 is 0. The topological polar surface area (TPSA) is 70.3 Å². The van der Waals surface area contributed by atoms with Gasteiger partial charge in [-0.25, -0.2) is 9.90 Å². The minimum absolute atomic E-state index is 0.150. The number of hydrogen-bond acceptors (Lipinski definition) is 2. The van der Waals surface area contributed by atoms with Crippen LogP contribution in [0, 0.1) is 0 Å². The minimum Gasteiger partial charge on any atom is -0.475 e. The molecule has 4 heteroatoms. The maximum absolute atomic E-state index is 10.1. The average Bonchev–Trinajstić information content (AvgIpc) is 2.34. The quantitative estimate of drug-likeness (QED) is 0.665. The van der Waals surface area contributed by atoms with Crippen molar-refractivity contribution in [1.82, 2.24) is 0 Å². The lowest BCUT2D eigenvalue weighted by Gasteiger charge is -1.84. The molecule has 1 aromatic rings. The van der Waals surface area contributed by atoms with Crippen LogP contribution in [-0.2, 0) is 11.7 Å². The molecule has 0 fully saturated rings. The van der Waals surface area contributed by atoms with Crippen LogP contribution in [0.3, 0.4) is 0 Å². The summed E-state index contributed by atoms with van der Waals surface area (Å²) in [6.45, 7) is -0.521. The van der Waals surface area contributed by atoms with E-state index in [9.17, 15) is 9.90 Å². The molecule has 0 saturated heterocycles. The van der Waals surface area contributed by atoms with Crippen molar-refractivity contribution in [2.75, 3.05) is 0 Å². The van der Waals surface area contributed by atoms with Gasteiger partial charge in [-0.05, 0) is 12.1 Å². The van der Waals surface area contributed by atoms with Crippen molar-refractivity contribution in [3.63, 3.8) is 0 Å². The van der Waals surface area contributed by atoms with Gasteiger partial charge in [0.05, 0.1) is 0 Å². The first-order valence-corrected chi connectivity index (χ1v) is 2.64. The van der Waals surface area contributed by atoms with E-state index in [-0.39, 0.29) is 11.5 Å². The van der Waals surface area contributed by atoms with E-state index in [4.69, 9.17) is 5.11 Å². The highest BCUT2D eigenvalue weighted by Gasteiger charge is 2.07. The summed E-state index contributed by atoms with van der Waals surface area (Å²) in [6.07, 6.45) is 0. The molecule has 0 aliphatic carbocycles. The number of carboxylic acids is 1. The Morgan fingerprint density at radius 2 is 2.30 bits per heavy atom. The van der Waals surface area contributed by atoms with E-state index in [2.05, 4.69) is 4.42 Å². The van der Waals surface area contributed by atoms with E-state index in [1.807, 2.05) is 0 Å². The van der Waals surface area contributed by atoms with Crippen molar-refractivity contribution in [2.24, 2.45) is 0 Å². The number of furan rings is 1. The normalized spacial score (nSPS) is 9.70. The first-order valence-electron chi connectivity index (χ1n) is 2.64. The van der Waals surface area contributed by atoms with Crippen molar-refractivity contribution in [3.05, 3.63) is 23.7 Å². The fraction of sp³-hybridized carbons (Fsp3) is 0.167. The van der Waals surface area contributed by atoms with Gasteiger partial charge in [-0.15, -0.1) is 0 Å². The van der Waals surface area contributed by atoms with E-state index in [1.165, 1.54) is 12.1 Å². The Morgan fingerprint density at radius 3 is 2.60 bits per heavy atom. The number of rotatable bonds is 2. The summed E-state index contributed by atoms with van der Waals surface area (Å²) in [5, 5.41) is 18.4. The third-order valence-electron chi connectivity index (χ3n) is 1.01. The molecule has 0 amide bonds. The van der Waals surface area contributed by atoms with Crippen molar-refractivity contribution < 1.29 is 19.4 Å². The molecule has 1 N–H and O–H groups in total. The maximum Gasteiger partial charge on any atom is 0.371 e. The van der Waals surface area contributed by atoms with Crippen molar-refractivity contribution in [1.29, 1.82) is 0 Å². The van der Waals surface area contributed by atoms with E-state index < -0.39 is 12.6 Å². The smallest absolute Gasteiger partial charge is 0.371 e. The number of aromatic carboxylic acids is 1. The van der Waals surface area contributed by atoms with E-state index in [0.29, 0.717) is 0 Å². The lowest BCUT2D eigenvalue weighted by molar-refractivity contribution is 0.0654. The van der Waals surface area contributed by atoms with Crippen molar-refractivity contribution in [2.45, 2.75) is 6.61 Å². The van der Waals surface area contributed by atoms with Gasteiger partial charge in [-0.3, -0.25) is 0 Å². The summed E-state index contributed by atoms with van der Waals surface area (Å²) in [7, 11) is 0. The lowest BCUT2D eigenvalue weighted by atomic mass is 10.4. The van der Waals surface area contributed by atoms with Gasteiger partial charge in [-0.1, -0.05) is 0 Å². The van der Waals surface area contributed by atoms with Gasteiger partial charge in [0.25, 0.3) is 0 Å². The predicted octanol–water partition coefficient (Wildman–Crippen LogP) is 0.908. The zero-order valence-corrected chi connectivity index (χ0v) is 5.03. The second-order valence-corrected chi connectivity index (χ2v) is 1.72. The fourth-order valence-corrected chi connectivity index (χ4v) is 0.570. The highest BCUT2D eigenvalue weighted by molar-refractivity contribution is 5.84. The Balaban J connectivity index is 2.88. The average molecular weight is 141 g/mol. The number of carboxylic acid groups (broad SMARTS) is 1. The Kier molecular flexibility index (Phi) is 1.73. The van der Waals surface area contributed by atoms with Crippen LogP contribution in [0.25, 0.3) is 0 Å². The molecule has 0 atom stereocenters. The first kappa shape index (κ1) is 6.82. The number of carbonyl (C=O) groups is 1. The molecule has 53 valence electrons. The standard InChI is InChI=1S/C6H5O4/c7-3-4-1-2-5(10-4)6(8)9/h1-2H,3H2,(H,8,9). The van der Waals surface area contributed by atoms with Gasteiger partial charge in [0.2, 0.25) is 5.76 Å². The summed E-state index contributed by atoms with van der Waals surface area (Å²) < 4.78 is 4.58. The van der Waals surface area contributed by atoms with Crippen LogP contribution in [0.5, 0.6) is 0 Å². The molecule has 0 saturated carbocycles. The summed E-state index contributed by atoms with van der Waals surface area (Å²) in [5.74, 6) is -1.19. The predicted molar refractivity (Wildman–Crippen MR) is 30.1 cm³/mol. The molecule has 0 spiro atoms. The molecule has 0 bridgehead atoms. The molecule has 0 aliphatic heterocycles. The third-order valence-corrected chi connectivity index (χ3v) is 1.01. The molecule has 1 heterocycles.